The summed E-state index contributed by atoms with van der Waals surface area (Å²) in [5, 5.41) is 4.04. The molecule has 0 radical (unpaired) electrons. The number of carbonyl (C=O) groups excluding carboxylic acids is 1. The molecule has 8 nitrogen and oxygen atoms in total. The van der Waals surface area contributed by atoms with Crippen LogP contribution in [0.25, 0.3) is 22.2 Å². The second-order valence-electron chi connectivity index (χ2n) is 10.5. The lowest BCUT2D eigenvalue weighted by atomic mass is 9.98. The highest BCUT2D eigenvalue weighted by Gasteiger charge is 2.33. The second-order valence-corrected chi connectivity index (χ2v) is 10.5. The van der Waals surface area contributed by atoms with Gasteiger partial charge in [0.2, 0.25) is 5.91 Å². The number of imidazole rings is 1. The van der Waals surface area contributed by atoms with E-state index in [0.29, 0.717) is 24.0 Å². The Morgan fingerprint density at radius 3 is 2.48 bits per heavy atom. The van der Waals surface area contributed by atoms with Gasteiger partial charge in [-0.25, -0.2) is 9.37 Å². The third kappa shape index (κ3) is 5.75. The minimum Gasteiger partial charge on any atom is -0.494 e. The number of nitrogens with one attached hydrogen (secondary N) is 1. The minimum atomic E-state index is -0.504. The molecule has 1 saturated heterocycles. The lowest BCUT2D eigenvalue weighted by molar-refractivity contribution is -0.120. The van der Waals surface area contributed by atoms with Crippen LogP contribution in [0.3, 0.4) is 0 Å². The van der Waals surface area contributed by atoms with Gasteiger partial charge in [0.1, 0.15) is 11.6 Å². The van der Waals surface area contributed by atoms with Gasteiger partial charge >= 0.3 is 0 Å². The van der Waals surface area contributed by atoms with E-state index in [9.17, 15) is 9.18 Å². The van der Waals surface area contributed by atoms with Gasteiger partial charge in [-0.1, -0.05) is 30.5 Å². The van der Waals surface area contributed by atoms with Gasteiger partial charge in [0.25, 0.3) is 0 Å². The summed E-state index contributed by atoms with van der Waals surface area (Å²) in [5.41, 5.74) is 4.93. The Morgan fingerprint density at radius 2 is 1.82 bits per heavy atom. The monoisotopic (exact) mass is 548 g/mol. The Labute approximate surface area is 233 Å². The maximum Gasteiger partial charge on any atom is 0.227 e. The van der Waals surface area contributed by atoms with Crippen molar-refractivity contribution in [2.45, 2.75) is 77.4 Å². The number of aryl methyl sites for hydroxylation is 2. The van der Waals surface area contributed by atoms with E-state index in [0.717, 1.165) is 46.5 Å². The number of methoxy groups -OCH3 is 2. The third-order valence-corrected chi connectivity index (χ3v) is 7.89. The predicted octanol–water partition coefficient (Wildman–Crippen LogP) is 7.21. The number of hydrogen-bond acceptors (Lipinski definition) is 6. The van der Waals surface area contributed by atoms with Gasteiger partial charge in [-0.05, 0) is 69.4 Å². The summed E-state index contributed by atoms with van der Waals surface area (Å²) in [5.74, 6) is 1.02. The van der Waals surface area contributed by atoms with Gasteiger partial charge < -0.3 is 23.9 Å². The number of anilines is 1. The van der Waals surface area contributed by atoms with E-state index in [1.165, 1.54) is 51.3 Å². The first-order valence-corrected chi connectivity index (χ1v) is 14.0. The minimum absolute atomic E-state index is 0.0531. The Balaban J connectivity index is 0.000000348. The highest BCUT2D eigenvalue weighted by molar-refractivity contribution is 5.95. The number of halogens is 1. The molecule has 2 aliphatic rings. The number of aromatic nitrogens is 3. The number of piperidine rings is 1. The summed E-state index contributed by atoms with van der Waals surface area (Å²) in [4.78, 5) is 22.6. The van der Waals surface area contributed by atoms with Crippen LogP contribution < -0.4 is 9.64 Å². The summed E-state index contributed by atoms with van der Waals surface area (Å²) in [6.07, 6.45) is 9.23. The fourth-order valence-corrected chi connectivity index (χ4v) is 5.80. The van der Waals surface area contributed by atoms with E-state index in [1.54, 1.807) is 11.0 Å². The Morgan fingerprint density at radius 1 is 1.02 bits per heavy atom. The zero-order chi connectivity index (χ0) is 28.2. The van der Waals surface area contributed by atoms with Crippen molar-refractivity contribution in [3.63, 3.8) is 0 Å². The smallest absolute Gasteiger partial charge is 0.227 e. The number of H-pyrrole nitrogens is 1. The van der Waals surface area contributed by atoms with Crippen LogP contribution in [0, 0.1) is 19.7 Å². The maximum atomic E-state index is 14.4. The summed E-state index contributed by atoms with van der Waals surface area (Å²) >= 11 is 0. The number of hydrogen-bond donors (Lipinski definition) is 1. The number of rotatable bonds is 5. The summed E-state index contributed by atoms with van der Waals surface area (Å²) < 4.78 is 29.9. The lowest BCUT2D eigenvalue weighted by Gasteiger charge is -2.34. The molecule has 0 bridgehead atoms. The lowest BCUT2D eigenvalue weighted by Crippen LogP contribution is -2.38. The molecule has 2 aromatic heterocycles. The standard InChI is InChI=1S/C24H23FN4O3.C7H14O/c1-13-23(14(2)32-28-13)15-7-9-18-19(11-15)27-24(26-18)20-5-4-6-22(30)29(20)16-8-10-21(31-3)17(25)12-16;1-8-7-5-3-2-4-6-7/h7-12,20H,4-6H2,1-3H3,(H,26,27);7H,2-6H2,1H3/t20-;/m0./s1. The summed E-state index contributed by atoms with van der Waals surface area (Å²) in [6.45, 7) is 3.80. The number of aromatic amines is 1. The highest BCUT2D eigenvalue weighted by atomic mass is 19.1. The number of ether oxygens (including phenoxy) is 2. The molecule has 40 heavy (non-hydrogen) atoms. The van der Waals surface area contributed by atoms with E-state index in [4.69, 9.17) is 19.0 Å². The van der Waals surface area contributed by atoms with Crippen molar-refractivity contribution in [2.75, 3.05) is 19.1 Å². The summed E-state index contributed by atoms with van der Waals surface area (Å²) in [7, 11) is 3.23. The molecule has 4 aromatic rings. The molecule has 1 aliphatic carbocycles. The highest BCUT2D eigenvalue weighted by Crippen LogP contribution is 2.37. The fraction of sp³-hybridized carbons (Fsp3) is 0.452. The number of nitrogens with zero attached hydrogens (tertiary/aromatic N) is 3. The van der Waals surface area contributed by atoms with Gasteiger partial charge in [0.05, 0.1) is 36.0 Å². The van der Waals surface area contributed by atoms with Crippen molar-refractivity contribution in [1.29, 1.82) is 0 Å². The van der Waals surface area contributed by atoms with Crippen LogP contribution in [0.1, 0.15) is 74.7 Å². The van der Waals surface area contributed by atoms with Crippen LogP contribution >= 0.6 is 0 Å². The number of benzene rings is 2. The molecule has 0 unspecified atom stereocenters. The van der Waals surface area contributed by atoms with Crippen LogP contribution in [0.2, 0.25) is 0 Å². The van der Waals surface area contributed by atoms with Gasteiger partial charge in [-0.3, -0.25) is 4.79 Å². The number of amides is 1. The normalized spacial score (nSPS) is 18.1. The van der Waals surface area contributed by atoms with Gasteiger partial charge in [0, 0.05) is 30.8 Å². The molecule has 1 N–H and O–H groups in total. The first-order valence-electron chi connectivity index (χ1n) is 14.0. The van der Waals surface area contributed by atoms with E-state index in [2.05, 4.69) is 10.1 Å². The largest absolute Gasteiger partial charge is 0.494 e. The van der Waals surface area contributed by atoms with E-state index in [1.807, 2.05) is 39.2 Å². The van der Waals surface area contributed by atoms with Crippen LogP contribution in [0.15, 0.2) is 40.9 Å². The molecule has 212 valence electrons. The van der Waals surface area contributed by atoms with Crippen molar-refractivity contribution in [3.8, 4) is 16.9 Å². The number of fused-ring (bicyclic) bond motifs is 1. The first kappa shape index (κ1) is 27.8. The van der Waals surface area contributed by atoms with Crippen molar-refractivity contribution in [2.24, 2.45) is 0 Å². The maximum absolute atomic E-state index is 14.4. The van der Waals surface area contributed by atoms with Crippen molar-refractivity contribution < 1.29 is 23.2 Å². The average Bonchev–Trinajstić information content (AvgIpc) is 3.55. The van der Waals surface area contributed by atoms with Crippen molar-refractivity contribution >= 4 is 22.6 Å². The molecule has 1 saturated carbocycles. The Bertz CT molecular complexity index is 1450. The molecule has 1 aliphatic heterocycles. The number of carbonyl (C=O) groups is 1. The average molecular weight is 549 g/mol. The first-order chi connectivity index (χ1) is 19.4. The topological polar surface area (TPSA) is 93.5 Å². The molecular weight excluding hydrogens is 511 g/mol. The molecule has 3 heterocycles. The molecular formula is C31H37FN4O4. The van der Waals surface area contributed by atoms with E-state index >= 15 is 0 Å². The van der Waals surface area contributed by atoms with Crippen LogP contribution in [0.5, 0.6) is 5.75 Å². The van der Waals surface area contributed by atoms with Crippen LogP contribution in [-0.2, 0) is 9.53 Å². The Kier molecular flexibility index (Phi) is 8.49. The van der Waals surface area contributed by atoms with E-state index in [-0.39, 0.29) is 17.7 Å². The molecule has 1 atom stereocenters. The molecule has 2 fully saturated rings. The zero-order valence-electron chi connectivity index (χ0n) is 23.6. The summed E-state index contributed by atoms with van der Waals surface area (Å²) in [6, 6.07) is 10.2. The quantitative estimate of drug-likeness (QED) is 0.283. The molecule has 2 aromatic carbocycles. The molecule has 0 spiro atoms. The van der Waals surface area contributed by atoms with Crippen LogP contribution in [0.4, 0.5) is 10.1 Å². The molecule has 1 amide bonds. The van der Waals surface area contributed by atoms with E-state index < -0.39 is 5.82 Å². The van der Waals surface area contributed by atoms with Gasteiger partial charge in [-0.2, -0.15) is 0 Å². The molecule has 6 rings (SSSR count). The third-order valence-electron chi connectivity index (χ3n) is 7.89. The van der Waals surface area contributed by atoms with Gasteiger partial charge in [0.15, 0.2) is 11.6 Å². The predicted molar refractivity (Wildman–Crippen MR) is 152 cm³/mol. The SMILES string of the molecule is COC1CCCCC1.COc1ccc(N2C(=O)CCC[C@H]2c2nc3ccc(-c4c(C)noc4C)cc3[nH]2)cc1F. The second kappa shape index (κ2) is 12.2. The van der Waals surface area contributed by atoms with Crippen LogP contribution in [-0.4, -0.2) is 41.4 Å². The Hall–Kier alpha value is -3.72. The zero-order valence-corrected chi connectivity index (χ0v) is 23.6. The van der Waals surface area contributed by atoms with Gasteiger partial charge in [-0.15, -0.1) is 0 Å². The van der Waals surface area contributed by atoms with Crippen molar-refractivity contribution in [1.82, 2.24) is 15.1 Å². The molecule has 9 heteroatoms. The van der Waals surface area contributed by atoms with Crippen molar-refractivity contribution in [3.05, 3.63) is 59.5 Å². The fourth-order valence-electron chi connectivity index (χ4n) is 5.80.